The largest absolute Gasteiger partial charge is 0.417 e. The molecule has 37 heavy (non-hydrogen) atoms. The summed E-state index contributed by atoms with van der Waals surface area (Å²) in [5.74, 6) is -1.65. The number of thioether (sulfide) groups is 1. The number of ether oxygens (including phenoxy) is 1. The summed E-state index contributed by atoms with van der Waals surface area (Å²) in [6, 6.07) is 3.45. The Bertz CT molecular complexity index is 1420. The molecule has 198 valence electrons. The number of hydrogen-bond donors (Lipinski definition) is 1. The van der Waals surface area contributed by atoms with Crippen molar-refractivity contribution in [3.8, 4) is 11.1 Å². The molecule has 2 aromatic carbocycles. The van der Waals surface area contributed by atoms with Crippen molar-refractivity contribution in [2.24, 2.45) is 0 Å². The van der Waals surface area contributed by atoms with Crippen LogP contribution in [0.25, 0.3) is 22.0 Å². The Morgan fingerprint density at radius 2 is 1.81 bits per heavy atom. The van der Waals surface area contributed by atoms with Crippen molar-refractivity contribution in [3.63, 3.8) is 0 Å². The molecule has 3 heterocycles. The van der Waals surface area contributed by atoms with Crippen molar-refractivity contribution >= 4 is 28.5 Å². The molecule has 6 nitrogen and oxygen atoms in total. The van der Waals surface area contributed by atoms with Gasteiger partial charge in [-0.15, -0.1) is 11.8 Å². The number of nitrogens with zero attached hydrogens (tertiary/aromatic N) is 3. The number of aromatic nitrogens is 2. The zero-order chi connectivity index (χ0) is 26.6. The lowest BCUT2D eigenvalue weighted by Gasteiger charge is -2.37. The van der Waals surface area contributed by atoms with Gasteiger partial charge in [-0.1, -0.05) is 0 Å². The van der Waals surface area contributed by atoms with Gasteiger partial charge in [0.25, 0.3) is 0 Å². The van der Waals surface area contributed by atoms with E-state index in [-0.39, 0.29) is 46.0 Å². The maximum absolute atomic E-state index is 15.0. The highest BCUT2D eigenvalue weighted by Gasteiger charge is 2.39. The third-order valence-electron chi connectivity index (χ3n) is 6.69. The van der Waals surface area contributed by atoms with E-state index >= 15 is 0 Å². The predicted molar refractivity (Wildman–Crippen MR) is 132 cm³/mol. The molecular formula is C25H25F5N4O2S. The monoisotopic (exact) mass is 540 g/mol. The summed E-state index contributed by atoms with van der Waals surface area (Å²) in [6.45, 7) is 4.84. The van der Waals surface area contributed by atoms with Crippen LogP contribution in [0.2, 0.25) is 0 Å². The second kappa shape index (κ2) is 9.55. The van der Waals surface area contributed by atoms with Gasteiger partial charge in [0.2, 0.25) is 0 Å². The molecule has 1 N–H and O–H groups in total. The fraction of sp³-hybridized carbons (Fsp3) is 0.440. The van der Waals surface area contributed by atoms with E-state index in [1.807, 2.05) is 18.7 Å². The number of piperazine rings is 1. The Balaban J connectivity index is 1.91. The van der Waals surface area contributed by atoms with E-state index in [2.05, 4.69) is 10.3 Å². The zero-order valence-corrected chi connectivity index (χ0v) is 21.1. The van der Waals surface area contributed by atoms with Crippen LogP contribution in [0.4, 0.5) is 27.8 Å². The fourth-order valence-corrected chi connectivity index (χ4v) is 6.52. The van der Waals surface area contributed by atoms with Crippen molar-refractivity contribution in [2.75, 3.05) is 30.9 Å². The first-order chi connectivity index (χ1) is 17.5. The number of alkyl halides is 3. The molecule has 0 aliphatic carbocycles. The minimum absolute atomic E-state index is 0.0140. The highest BCUT2D eigenvalue weighted by Crippen LogP contribution is 2.48. The zero-order valence-electron chi connectivity index (χ0n) is 20.3. The SMILES string of the molecule is CO[C@H]1CSc2c(-c3ccc(F)cc3F)c(C(F)(F)F)cc3c(N4C[C@@H](C)N[C@H](C)C4)nc(=O)n(c23)C1. The van der Waals surface area contributed by atoms with Gasteiger partial charge in [-0.2, -0.15) is 18.2 Å². The molecule has 0 amide bonds. The van der Waals surface area contributed by atoms with Gasteiger partial charge in [0.05, 0.1) is 23.7 Å². The maximum atomic E-state index is 15.0. The van der Waals surface area contributed by atoms with Gasteiger partial charge < -0.3 is 15.0 Å². The number of nitrogens with one attached hydrogen (secondary N) is 1. The average Bonchev–Trinajstić information content (AvgIpc) is 3.01. The molecule has 3 aromatic rings. The van der Waals surface area contributed by atoms with Crippen LogP contribution in [0.5, 0.6) is 0 Å². The maximum Gasteiger partial charge on any atom is 0.417 e. The van der Waals surface area contributed by atoms with Gasteiger partial charge >= 0.3 is 11.9 Å². The number of hydrogen-bond acceptors (Lipinski definition) is 6. The number of rotatable bonds is 3. The number of benzene rings is 2. The minimum Gasteiger partial charge on any atom is -0.379 e. The van der Waals surface area contributed by atoms with E-state index in [1.54, 1.807) is 0 Å². The summed E-state index contributed by atoms with van der Waals surface area (Å²) >= 11 is 1.06. The summed E-state index contributed by atoms with van der Waals surface area (Å²) in [7, 11) is 1.45. The molecule has 0 bridgehead atoms. The summed E-state index contributed by atoms with van der Waals surface area (Å²) in [5, 5.41) is 3.51. The summed E-state index contributed by atoms with van der Waals surface area (Å²) < 4.78 is 79.2. The van der Waals surface area contributed by atoms with E-state index in [9.17, 15) is 26.7 Å². The van der Waals surface area contributed by atoms with Crippen LogP contribution in [-0.2, 0) is 17.5 Å². The Kier molecular flexibility index (Phi) is 6.70. The van der Waals surface area contributed by atoms with E-state index in [0.29, 0.717) is 19.2 Å². The van der Waals surface area contributed by atoms with Crippen LogP contribution in [0.1, 0.15) is 19.4 Å². The minimum atomic E-state index is -4.86. The number of methoxy groups -OCH3 is 1. The van der Waals surface area contributed by atoms with E-state index in [0.717, 1.165) is 30.0 Å². The molecule has 12 heteroatoms. The molecule has 1 aromatic heterocycles. The molecule has 2 aliphatic rings. The van der Waals surface area contributed by atoms with Gasteiger partial charge in [0.15, 0.2) is 0 Å². The lowest BCUT2D eigenvalue weighted by molar-refractivity contribution is -0.137. The van der Waals surface area contributed by atoms with Crippen molar-refractivity contribution in [2.45, 2.75) is 49.7 Å². The third-order valence-corrected chi connectivity index (χ3v) is 7.92. The van der Waals surface area contributed by atoms with Crippen LogP contribution in [-0.4, -0.2) is 53.7 Å². The molecule has 0 saturated carbocycles. The normalized spacial score (nSPS) is 22.4. The van der Waals surface area contributed by atoms with Crippen molar-refractivity contribution < 1.29 is 26.7 Å². The van der Waals surface area contributed by atoms with Gasteiger partial charge in [0, 0.05) is 65.5 Å². The first-order valence-corrected chi connectivity index (χ1v) is 12.8. The van der Waals surface area contributed by atoms with Crippen LogP contribution in [0.15, 0.2) is 34.0 Å². The molecule has 0 spiro atoms. The van der Waals surface area contributed by atoms with Gasteiger partial charge in [-0.3, -0.25) is 4.57 Å². The number of anilines is 1. The Labute approximate surface area is 213 Å². The highest BCUT2D eigenvalue weighted by molar-refractivity contribution is 7.99. The number of halogens is 5. The molecule has 0 unspecified atom stereocenters. The molecule has 5 rings (SSSR count). The molecular weight excluding hydrogens is 515 g/mol. The Hall–Kier alpha value is -2.70. The molecule has 1 saturated heterocycles. The van der Waals surface area contributed by atoms with Gasteiger partial charge in [0.1, 0.15) is 17.5 Å². The first-order valence-electron chi connectivity index (χ1n) is 11.8. The fourth-order valence-electron chi connectivity index (χ4n) is 5.20. The lowest BCUT2D eigenvalue weighted by Crippen LogP contribution is -2.55. The second-order valence-corrected chi connectivity index (χ2v) is 10.5. The van der Waals surface area contributed by atoms with Gasteiger partial charge in [-0.05, 0) is 32.0 Å². The Morgan fingerprint density at radius 1 is 1.11 bits per heavy atom. The molecule has 1 fully saturated rings. The second-order valence-electron chi connectivity index (χ2n) is 9.52. The first kappa shape index (κ1) is 25.9. The average molecular weight is 541 g/mol. The van der Waals surface area contributed by atoms with E-state index in [1.165, 1.54) is 11.7 Å². The van der Waals surface area contributed by atoms with Crippen molar-refractivity contribution in [1.29, 1.82) is 0 Å². The van der Waals surface area contributed by atoms with Crippen LogP contribution >= 0.6 is 11.8 Å². The summed E-state index contributed by atoms with van der Waals surface area (Å²) in [5.41, 5.74) is -2.28. The smallest absolute Gasteiger partial charge is 0.379 e. The lowest BCUT2D eigenvalue weighted by atomic mass is 9.95. The predicted octanol–water partition coefficient (Wildman–Crippen LogP) is 4.67. The van der Waals surface area contributed by atoms with E-state index in [4.69, 9.17) is 4.74 Å². The summed E-state index contributed by atoms with van der Waals surface area (Å²) in [6.07, 6.45) is -5.36. The van der Waals surface area contributed by atoms with E-state index < -0.39 is 46.3 Å². The van der Waals surface area contributed by atoms with Crippen molar-refractivity contribution in [1.82, 2.24) is 14.9 Å². The molecule has 2 aliphatic heterocycles. The van der Waals surface area contributed by atoms with Crippen LogP contribution in [0.3, 0.4) is 0 Å². The van der Waals surface area contributed by atoms with Crippen LogP contribution in [0, 0.1) is 11.6 Å². The Morgan fingerprint density at radius 3 is 2.43 bits per heavy atom. The van der Waals surface area contributed by atoms with Gasteiger partial charge in [-0.25, -0.2) is 13.6 Å². The van der Waals surface area contributed by atoms with Crippen LogP contribution < -0.4 is 15.9 Å². The molecule has 3 atom stereocenters. The van der Waals surface area contributed by atoms with Crippen molar-refractivity contribution in [3.05, 3.63) is 51.9 Å². The highest BCUT2D eigenvalue weighted by atomic mass is 32.2. The third kappa shape index (κ3) is 4.70. The standard InChI is InChI=1S/C25H25F5N4O2S/c1-12-8-33(9-13(2)31-12)23-17-7-18(25(28,29)30)20(16-5-4-14(26)6-19(16)27)22-21(17)34(24(35)32-23)10-15(36-3)11-37-22/h4-7,12-13,15,31H,8-11H2,1-3H3/t12-,13-,15-/m1/s1. The quantitative estimate of drug-likeness (QED) is 0.488. The molecule has 0 radical (unpaired) electrons. The summed E-state index contributed by atoms with van der Waals surface area (Å²) in [4.78, 5) is 19.5. The topological polar surface area (TPSA) is 59.4 Å².